The highest BCUT2D eigenvalue weighted by Crippen LogP contribution is 2.17. The van der Waals surface area contributed by atoms with Crippen molar-refractivity contribution in [2.45, 2.75) is 6.61 Å². The average molecular weight is 493 g/mol. The zero-order valence-corrected chi connectivity index (χ0v) is 19.8. The Morgan fingerprint density at radius 3 is 2.08 bits per heavy atom. The standard InChI is InChI=1S/C29H24N4O4/c34-27(31-23-11-5-2-6-12-23)25-13-7-8-14-26(25)32-28(35)29(36)33-30-19-21-15-17-24(18-16-21)37-20-22-9-3-1-4-10-22/h1-19H,20H2,(H,31,34)(H,32,35)(H,33,36)/b30-19-. The molecule has 0 bridgehead atoms. The third-order valence-corrected chi connectivity index (χ3v) is 5.17. The lowest BCUT2D eigenvalue weighted by Gasteiger charge is -2.11. The van der Waals surface area contributed by atoms with E-state index in [0.717, 1.165) is 5.56 Å². The smallest absolute Gasteiger partial charge is 0.329 e. The van der Waals surface area contributed by atoms with Crippen molar-refractivity contribution in [2.75, 3.05) is 10.6 Å². The van der Waals surface area contributed by atoms with E-state index in [-0.39, 0.29) is 11.3 Å². The molecule has 4 aromatic rings. The van der Waals surface area contributed by atoms with E-state index in [1.807, 2.05) is 36.4 Å². The van der Waals surface area contributed by atoms with Crippen molar-refractivity contribution in [2.24, 2.45) is 5.10 Å². The van der Waals surface area contributed by atoms with Gasteiger partial charge in [0.05, 0.1) is 17.5 Å². The quantitative estimate of drug-likeness (QED) is 0.190. The molecule has 0 aliphatic carbocycles. The van der Waals surface area contributed by atoms with Gasteiger partial charge in [0.1, 0.15) is 12.4 Å². The van der Waals surface area contributed by atoms with Crippen LogP contribution in [0.2, 0.25) is 0 Å². The Kier molecular flexibility index (Phi) is 8.38. The highest BCUT2D eigenvalue weighted by Gasteiger charge is 2.17. The summed E-state index contributed by atoms with van der Waals surface area (Å²) in [7, 11) is 0. The van der Waals surface area contributed by atoms with Gasteiger partial charge in [-0.05, 0) is 59.7 Å². The summed E-state index contributed by atoms with van der Waals surface area (Å²) in [6.07, 6.45) is 1.41. The van der Waals surface area contributed by atoms with Crippen molar-refractivity contribution < 1.29 is 19.1 Å². The van der Waals surface area contributed by atoms with Gasteiger partial charge in [-0.1, -0.05) is 60.7 Å². The van der Waals surface area contributed by atoms with Crippen LogP contribution in [0.15, 0.2) is 114 Å². The number of para-hydroxylation sites is 2. The fourth-order valence-electron chi connectivity index (χ4n) is 3.30. The van der Waals surface area contributed by atoms with E-state index in [1.54, 1.807) is 66.7 Å². The molecule has 184 valence electrons. The number of benzene rings is 4. The Hall–Kier alpha value is -5.24. The van der Waals surface area contributed by atoms with E-state index in [0.29, 0.717) is 23.6 Å². The zero-order valence-electron chi connectivity index (χ0n) is 19.8. The summed E-state index contributed by atoms with van der Waals surface area (Å²) in [6.45, 7) is 0.455. The lowest BCUT2D eigenvalue weighted by Crippen LogP contribution is -2.33. The topological polar surface area (TPSA) is 109 Å². The van der Waals surface area contributed by atoms with E-state index in [1.165, 1.54) is 12.3 Å². The summed E-state index contributed by atoms with van der Waals surface area (Å²) < 4.78 is 5.74. The molecule has 4 aromatic carbocycles. The highest BCUT2D eigenvalue weighted by molar-refractivity contribution is 6.40. The van der Waals surface area contributed by atoms with Gasteiger partial charge in [0.15, 0.2) is 0 Å². The summed E-state index contributed by atoms with van der Waals surface area (Å²) in [4.78, 5) is 37.3. The number of carbonyl (C=O) groups is 3. The van der Waals surface area contributed by atoms with Crippen LogP contribution in [0.3, 0.4) is 0 Å². The van der Waals surface area contributed by atoms with Crippen LogP contribution in [0.5, 0.6) is 5.75 Å². The maximum Gasteiger partial charge on any atom is 0.329 e. The summed E-state index contributed by atoms with van der Waals surface area (Å²) in [6, 6.07) is 32.3. The van der Waals surface area contributed by atoms with E-state index >= 15 is 0 Å². The van der Waals surface area contributed by atoms with Crippen molar-refractivity contribution in [3.63, 3.8) is 0 Å². The number of hydrazone groups is 1. The number of ether oxygens (including phenoxy) is 1. The summed E-state index contributed by atoms with van der Waals surface area (Å²) >= 11 is 0. The zero-order chi connectivity index (χ0) is 25.9. The van der Waals surface area contributed by atoms with Crippen molar-refractivity contribution >= 4 is 35.3 Å². The molecule has 8 heteroatoms. The molecule has 3 N–H and O–H groups in total. The maximum absolute atomic E-state index is 12.7. The molecule has 0 atom stereocenters. The molecule has 0 unspecified atom stereocenters. The minimum Gasteiger partial charge on any atom is -0.489 e. The number of amides is 3. The predicted molar refractivity (Wildman–Crippen MR) is 142 cm³/mol. The van der Waals surface area contributed by atoms with Crippen LogP contribution in [0.4, 0.5) is 11.4 Å². The van der Waals surface area contributed by atoms with Gasteiger partial charge in [-0.25, -0.2) is 5.43 Å². The van der Waals surface area contributed by atoms with Crippen LogP contribution in [0.1, 0.15) is 21.5 Å². The fourth-order valence-corrected chi connectivity index (χ4v) is 3.30. The second-order valence-corrected chi connectivity index (χ2v) is 7.86. The van der Waals surface area contributed by atoms with E-state index in [4.69, 9.17) is 4.74 Å². The average Bonchev–Trinajstić information content (AvgIpc) is 2.94. The van der Waals surface area contributed by atoms with Crippen LogP contribution in [-0.2, 0) is 16.2 Å². The Labute approximate surface area is 214 Å². The molecule has 0 aliphatic rings. The van der Waals surface area contributed by atoms with E-state index < -0.39 is 17.7 Å². The van der Waals surface area contributed by atoms with Gasteiger partial charge in [0.2, 0.25) is 0 Å². The number of nitrogens with zero attached hydrogens (tertiary/aromatic N) is 1. The molecule has 0 spiro atoms. The molecule has 0 saturated carbocycles. The molecule has 0 radical (unpaired) electrons. The first-order chi connectivity index (χ1) is 18.1. The number of hydrogen-bond donors (Lipinski definition) is 3. The number of carbonyl (C=O) groups excluding carboxylic acids is 3. The molecule has 0 heterocycles. The van der Waals surface area contributed by atoms with Crippen LogP contribution in [0.25, 0.3) is 0 Å². The SMILES string of the molecule is O=C(N/N=C\c1ccc(OCc2ccccc2)cc1)C(=O)Nc1ccccc1C(=O)Nc1ccccc1. The second kappa shape index (κ2) is 12.5. The van der Waals surface area contributed by atoms with Gasteiger partial charge < -0.3 is 15.4 Å². The van der Waals surface area contributed by atoms with Gasteiger partial charge in [-0.15, -0.1) is 0 Å². The molecule has 0 saturated heterocycles. The maximum atomic E-state index is 12.7. The van der Waals surface area contributed by atoms with Crippen molar-refractivity contribution in [3.05, 3.63) is 126 Å². The molecule has 0 aromatic heterocycles. The summed E-state index contributed by atoms with van der Waals surface area (Å²) in [5, 5.41) is 9.04. The molecule has 8 nitrogen and oxygen atoms in total. The molecule has 37 heavy (non-hydrogen) atoms. The number of anilines is 2. The second-order valence-electron chi connectivity index (χ2n) is 7.86. The van der Waals surface area contributed by atoms with Crippen LogP contribution in [0, 0.1) is 0 Å². The van der Waals surface area contributed by atoms with Gasteiger partial charge >= 0.3 is 11.8 Å². The van der Waals surface area contributed by atoms with Gasteiger partial charge in [-0.3, -0.25) is 14.4 Å². The lowest BCUT2D eigenvalue weighted by atomic mass is 10.1. The van der Waals surface area contributed by atoms with E-state index in [9.17, 15) is 14.4 Å². The van der Waals surface area contributed by atoms with Crippen LogP contribution < -0.4 is 20.8 Å². The lowest BCUT2D eigenvalue weighted by molar-refractivity contribution is -0.136. The first-order valence-corrected chi connectivity index (χ1v) is 11.4. The Bertz CT molecular complexity index is 1390. The first kappa shape index (κ1) is 24.9. The molecule has 3 amide bonds. The molecular formula is C29H24N4O4. The van der Waals surface area contributed by atoms with Crippen molar-refractivity contribution in [1.82, 2.24) is 5.43 Å². The highest BCUT2D eigenvalue weighted by atomic mass is 16.5. The third-order valence-electron chi connectivity index (χ3n) is 5.17. The van der Waals surface area contributed by atoms with Gasteiger partial charge in [0, 0.05) is 5.69 Å². The minimum atomic E-state index is -0.975. The number of hydrogen-bond acceptors (Lipinski definition) is 5. The Morgan fingerprint density at radius 2 is 1.35 bits per heavy atom. The van der Waals surface area contributed by atoms with Crippen molar-refractivity contribution in [1.29, 1.82) is 0 Å². The number of rotatable bonds is 8. The summed E-state index contributed by atoms with van der Waals surface area (Å²) in [5.41, 5.74) is 4.98. The Morgan fingerprint density at radius 1 is 0.703 bits per heavy atom. The largest absolute Gasteiger partial charge is 0.489 e. The van der Waals surface area contributed by atoms with Crippen molar-refractivity contribution in [3.8, 4) is 5.75 Å². The fraction of sp³-hybridized carbons (Fsp3) is 0.0345. The normalized spacial score (nSPS) is 10.5. The molecule has 4 rings (SSSR count). The van der Waals surface area contributed by atoms with E-state index in [2.05, 4.69) is 21.2 Å². The molecule has 0 aliphatic heterocycles. The molecule has 0 fully saturated rings. The third kappa shape index (κ3) is 7.37. The summed E-state index contributed by atoms with van der Waals surface area (Å²) in [5.74, 6) is -1.66. The van der Waals surface area contributed by atoms with Crippen LogP contribution in [-0.4, -0.2) is 23.9 Å². The minimum absolute atomic E-state index is 0.200. The van der Waals surface area contributed by atoms with Gasteiger partial charge in [-0.2, -0.15) is 5.10 Å². The van der Waals surface area contributed by atoms with Gasteiger partial charge in [0.25, 0.3) is 5.91 Å². The Balaban J connectivity index is 1.29. The monoisotopic (exact) mass is 492 g/mol. The molecular weight excluding hydrogens is 468 g/mol. The number of nitrogens with one attached hydrogen (secondary N) is 3. The first-order valence-electron chi connectivity index (χ1n) is 11.4. The van der Waals surface area contributed by atoms with Crippen LogP contribution >= 0.6 is 0 Å². The predicted octanol–water partition coefficient (Wildman–Crippen LogP) is 4.61.